The summed E-state index contributed by atoms with van der Waals surface area (Å²) in [5.41, 5.74) is 2.70. The van der Waals surface area contributed by atoms with Crippen molar-refractivity contribution in [3.05, 3.63) is 54.1 Å². The molecule has 136 valence electrons. The van der Waals surface area contributed by atoms with Crippen LogP contribution in [-0.2, 0) is 22.4 Å². The molecule has 0 bridgehead atoms. The summed E-state index contributed by atoms with van der Waals surface area (Å²) in [5, 5.41) is 0. The first-order valence-electron chi connectivity index (χ1n) is 9.38. The molecule has 4 nitrogen and oxygen atoms in total. The Morgan fingerprint density at radius 3 is 2.52 bits per heavy atom. The first-order valence-corrected chi connectivity index (χ1v) is 9.38. The van der Waals surface area contributed by atoms with Crippen LogP contribution < -0.4 is 0 Å². The molecule has 1 aromatic heterocycles. The monoisotopic (exact) mass is 342 g/mol. The lowest BCUT2D eigenvalue weighted by Crippen LogP contribution is -2.51. The smallest absolute Gasteiger partial charge is 0.174 e. The van der Waals surface area contributed by atoms with Crippen LogP contribution in [0.2, 0.25) is 0 Å². The van der Waals surface area contributed by atoms with E-state index in [0.717, 1.165) is 45.4 Å². The van der Waals surface area contributed by atoms with Crippen molar-refractivity contribution < 1.29 is 9.47 Å². The van der Waals surface area contributed by atoms with Crippen LogP contribution in [-0.4, -0.2) is 28.6 Å². The lowest BCUT2D eigenvalue weighted by atomic mass is 9.82. The van der Waals surface area contributed by atoms with Crippen LogP contribution in [0.5, 0.6) is 0 Å². The van der Waals surface area contributed by atoms with Gasteiger partial charge < -0.3 is 14.0 Å². The first-order chi connectivity index (χ1) is 12.1. The summed E-state index contributed by atoms with van der Waals surface area (Å²) in [5.74, 6) is -0.550. The van der Waals surface area contributed by atoms with E-state index in [1.54, 1.807) is 0 Å². The second kappa shape index (κ2) is 7.71. The van der Waals surface area contributed by atoms with Crippen molar-refractivity contribution in [2.24, 2.45) is 5.41 Å². The maximum Gasteiger partial charge on any atom is 0.174 e. The average Bonchev–Trinajstić information content (AvgIpc) is 3.15. The van der Waals surface area contributed by atoms with Gasteiger partial charge in [-0.05, 0) is 25.3 Å². The summed E-state index contributed by atoms with van der Waals surface area (Å²) in [6.07, 6.45) is 9.44. The standard InChI is InChI=1S/C21H30N2O2/c1-4-20(5-2)15-24-21(25-16-20,9-11-23-12-10-22-17-23)14-19-8-6-7-18(3)13-19/h6-8,10,12-13,17H,4-5,9,11,14-16H2,1-3H3. The van der Waals surface area contributed by atoms with Gasteiger partial charge in [0.2, 0.25) is 0 Å². The largest absolute Gasteiger partial charge is 0.349 e. The minimum absolute atomic E-state index is 0.158. The van der Waals surface area contributed by atoms with Crippen LogP contribution in [0.15, 0.2) is 43.0 Å². The normalized spacial score (nSPS) is 19.0. The van der Waals surface area contributed by atoms with Gasteiger partial charge in [-0.25, -0.2) is 4.98 Å². The van der Waals surface area contributed by atoms with E-state index in [0.29, 0.717) is 0 Å². The Morgan fingerprint density at radius 1 is 1.16 bits per heavy atom. The molecule has 2 aromatic rings. The van der Waals surface area contributed by atoms with Crippen LogP contribution in [0.3, 0.4) is 0 Å². The predicted octanol–water partition coefficient (Wildman–Crippen LogP) is 4.37. The van der Waals surface area contributed by atoms with Crippen LogP contribution in [0.25, 0.3) is 0 Å². The number of hydrogen-bond acceptors (Lipinski definition) is 3. The van der Waals surface area contributed by atoms with E-state index in [-0.39, 0.29) is 5.41 Å². The van der Waals surface area contributed by atoms with E-state index >= 15 is 0 Å². The van der Waals surface area contributed by atoms with Crippen molar-refractivity contribution in [3.8, 4) is 0 Å². The van der Waals surface area contributed by atoms with Gasteiger partial charge in [-0.15, -0.1) is 0 Å². The number of benzene rings is 1. The summed E-state index contributed by atoms with van der Waals surface area (Å²) >= 11 is 0. The molecule has 0 unspecified atom stereocenters. The van der Waals surface area contributed by atoms with Crippen molar-refractivity contribution in [2.45, 2.75) is 58.8 Å². The third kappa shape index (κ3) is 4.31. The third-order valence-corrected chi connectivity index (χ3v) is 5.65. The number of aryl methyl sites for hydroxylation is 2. The number of aromatic nitrogens is 2. The summed E-state index contributed by atoms with van der Waals surface area (Å²) in [6.45, 7) is 8.98. The molecule has 0 amide bonds. The van der Waals surface area contributed by atoms with Gasteiger partial charge in [-0.3, -0.25) is 0 Å². The van der Waals surface area contributed by atoms with Crippen LogP contribution in [0.4, 0.5) is 0 Å². The Bertz CT molecular complexity index is 652. The Morgan fingerprint density at radius 2 is 1.92 bits per heavy atom. The molecular weight excluding hydrogens is 312 g/mol. The maximum atomic E-state index is 6.45. The fraction of sp³-hybridized carbons (Fsp3) is 0.571. The highest BCUT2D eigenvalue weighted by molar-refractivity contribution is 5.23. The molecule has 0 aliphatic carbocycles. The summed E-state index contributed by atoms with van der Waals surface area (Å²) < 4.78 is 15.0. The fourth-order valence-corrected chi connectivity index (χ4v) is 3.50. The number of ether oxygens (including phenoxy) is 2. The fourth-order valence-electron chi connectivity index (χ4n) is 3.50. The van der Waals surface area contributed by atoms with E-state index in [9.17, 15) is 0 Å². The molecule has 3 rings (SSSR count). The maximum absolute atomic E-state index is 6.45. The SMILES string of the molecule is CCC1(CC)COC(CCn2ccnc2)(Cc2cccc(C)c2)OC1. The molecular formula is C21H30N2O2. The van der Waals surface area contributed by atoms with Crippen molar-refractivity contribution in [2.75, 3.05) is 13.2 Å². The second-order valence-corrected chi connectivity index (χ2v) is 7.41. The second-order valence-electron chi connectivity index (χ2n) is 7.41. The van der Waals surface area contributed by atoms with Crippen LogP contribution in [0.1, 0.15) is 44.2 Å². The zero-order valence-corrected chi connectivity index (χ0v) is 15.7. The van der Waals surface area contributed by atoms with Crippen molar-refractivity contribution in [3.63, 3.8) is 0 Å². The van der Waals surface area contributed by atoms with Gasteiger partial charge in [0, 0.05) is 37.2 Å². The molecule has 0 radical (unpaired) electrons. The van der Waals surface area contributed by atoms with E-state index in [1.807, 2.05) is 18.7 Å². The highest BCUT2D eigenvalue weighted by Crippen LogP contribution is 2.38. The number of imidazole rings is 1. The van der Waals surface area contributed by atoms with Gasteiger partial charge in [0.25, 0.3) is 0 Å². The molecule has 1 fully saturated rings. The molecule has 2 heterocycles. The Kier molecular flexibility index (Phi) is 5.60. The number of nitrogens with zero attached hydrogens (tertiary/aromatic N) is 2. The highest BCUT2D eigenvalue weighted by atomic mass is 16.7. The zero-order valence-electron chi connectivity index (χ0n) is 15.7. The predicted molar refractivity (Wildman–Crippen MR) is 99.4 cm³/mol. The van der Waals surface area contributed by atoms with Crippen molar-refractivity contribution in [1.82, 2.24) is 9.55 Å². The van der Waals surface area contributed by atoms with E-state index < -0.39 is 5.79 Å². The summed E-state index contributed by atoms with van der Waals surface area (Å²) in [4.78, 5) is 4.14. The zero-order chi connectivity index (χ0) is 17.8. The molecule has 1 aliphatic heterocycles. The Labute approximate surface area is 151 Å². The van der Waals surface area contributed by atoms with Crippen LogP contribution in [0, 0.1) is 12.3 Å². The average molecular weight is 342 g/mol. The number of hydrogen-bond donors (Lipinski definition) is 0. The van der Waals surface area contributed by atoms with E-state index in [2.05, 4.69) is 54.6 Å². The third-order valence-electron chi connectivity index (χ3n) is 5.65. The molecule has 1 saturated heterocycles. The van der Waals surface area contributed by atoms with E-state index in [4.69, 9.17) is 9.47 Å². The quantitative estimate of drug-likeness (QED) is 0.749. The van der Waals surface area contributed by atoms with Gasteiger partial charge in [0.1, 0.15) is 0 Å². The van der Waals surface area contributed by atoms with Crippen LogP contribution >= 0.6 is 0 Å². The molecule has 0 N–H and O–H groups in total. The lowest BCUT2D eigenvalue weighted by molar-refractivity contribution is -0.308. The van der Waals surface area contributed by atoms with Crippen molar-refractivity contribution >= 4 is 0 Å². The Balaban J connectivity index is 1.76. The molecule has 0 spiro atoms. The topological polar surface area (TPSA) is 36.3 Å². The van der Waals surface area contributed by atoms with Gasteiger partial charge in [0.15, 0.2) is 5.79 Å². The molecule has 1 aliphatic rings. The number of rotatable bonds is 7. The molecule has 0 saturated carbocycles. The minimum atomic E-state index is -0.550. The molecule has 4 heteroatoms. The van der Waals surface area contributed by atoms with Gasteiger partial charge in [0.05, 0.1) is 19.5 Å². The van der Waals surface area contributed by atoms with Gasteiger partial charge >= 0.3 is 0 Å². The van der Waals surface area contributed by atoms with Gasteiger partial charge in [-0.1, -0.05) is 43.7 Å². The lowest BCUT2D eigenvalue weighted by Gasteiger charge is -2.46. The highest BCUT2D eigenvalue weighted by Gasteiger charge is 2.43. The van der Waals surface area contributed by atoms with Gasteiger partial charge in [-0.2, -0.15) is 0 Å². The van der Waals surface area contributed by atoms with Crippen molar-refractivity contribution in [1.29, 1.82) is 0 Å². The van der Waals surface area contributed by atoms with E-state index in [1.165, 1.54) is 11.1 Å². The molecule has 0 atom stereocenters. The molecule has 25 heavy (non-hydrogen) atoms. The Hall–Kier alpha value is -1.65. The summed E-state index contributed by atoms with van der Waals surface area (Å²) in [7, 11) is 0. The first kappa shape index (κ1) is 18.2. The summed E-state index contributed by atoms with van der Waals surface area (Å²) in [6, 6.07) is 8.64. The minimum Gasteiger partial charge on any atom is -0.349 e. The molecule has 1 aromatic carbocycles.